The summed E-state index contributed by atoms with van der Waals surface area (Å²) < 4.78 is 36.6. The van der Waals surface area contributed by atoms with Crippen molar-refractivity contribution in [3.05, 3.63) is 54.6 Å². The highest BCUT2D eigenvalue weighted by Gasteiger charge is 2.18. The topological polar surface area (TPSA) is 65.0 Å². The summed E-state index contributed by atoms with van der Waals surface area (Å²) in [6.45, 7) is 0. The Labute approximate surface area is 148 Å². The first-order valence-corrected chi connectivity index (χ1v) is 8.73. The van der Waals surface area contributed by atoms with Gasteiger partial charge in [-0.15, -0.1) is 21.5 Å². The van der Waals surface area contributed by atoms with Crippen LogP contribution in [0.2, 0.25) is 0 Å². The Morgan fingerprint density at radius 1 is 1.00 bits per heavy atom. The number of benzene rings is 1. The Morgan fingerprint density at radius 3 is 2.60 bits per heavy atom. The van der Waals surface area contributed by atoms with E-state index in [1.54, 1.807) is 12.3 Å². The monoisotopic (exact) mass is 377 g/mol. The third-order valence-corrected chi connectivity index (χ3v) is 5.22. The lowest BCUT2D eigenvalue weighted by Gasteiger charge is -1.94. The van der Waals surface area contributed by atoms with Gasteiger partial charge in [-0.1, -0.05) is 30.3 Å². The van der Waals surface area contributed by atoms with Crippen molar-refractivity contribution in [1.82, 2.24) is 15.2 Å². The fraction of sp³-hybridized carbons (Fsp3) is 0.0625. The maximum atomic E-state index is 12.5. The molecular formula is C16H9F2N3O2S2. The van der Waals surface area contributed by atoms with Gasteiger partial charge in [-0.05, 0) is 23.9 Å². The van der Waals surface area contributed by atoms with Crippen LogP contribution in [-0.2, 0) is 0 Å². The number of rotatable bonds is 5. The van der Waals surface area contributed by atoms with E-state index in [-0.39, 0.29) is 5.89 Å². The molecule has 9 heteroatoms. The van der Waals surface area contributed by atoms with Gasteiger partial charge in [0.2, 0.25) is 0 Å². The number of nitrogens with zero attached hydrogens (tertiary/aromatic N) is 3. The molecule has 0 bridgehead atoms. The number of thiophene rings is 1. The first-order chi connectivity index (χ1) is 12.2. The lowest BCUT2D eigenvalue weighted by Crippen LogP contribution is -1.81. The molecule has 0 aliphatic heterocycles. The van der Waals surface area contributed by atoms with E-state index in [1.165, 1.54) is 23.1 Å². The summed E-state index contributed by atoms with van der Waals surface area (Å²) in [4.78, 5) is 4.86. The van der Waals surface area contributed by atoms with E-state index in [9.17, 15) is 8.78 Å². The molecule has 0 radical (unpaired) electrons. The molecular weight excluding hydrogens is 368 g/mol. The van der Waals surface area contributed by atoms with Gasteiger partial charge in [-0.3, -0.25) is 0 Å². The van der Waals surface area contributed by atoms with Gasteiger partial charge in [-0.2, -0.15) is 8.78 Å². The van der Waals surface area contributed by atoms with Crippen molar-refractivity contribution < 1.29 is 17.6 Å². The van der Waals surface area contributed by atoms with Crippen LogP contribution in [-0.4, -0.2) is 15.2 Å². The van der Waals surface area contributed by atoms with Gasteiger partial charge in [0.25, 0.3) is 17.0 Å². The Balaban J connectivity index is 1.50. The predicted molar refractivity (Wildman–Crippen MR) is 88.6 cm³/mol. The fourth-order valence-electron chi connectivity index (χ4n) is 2.04. The van der Waals surface area contributed by atoms with Crippen LogP contribution >= 0.6 is 23.1 Å². The van der Waals surface area contributed by atoms with E-state index < -0.39 is 12.3 Å². The van der Waals surface area contributed by atoms with Crippen LogP contribution in [0.3, 0.4) is 0 Å². The minimum atomic E-state index is -2.78. The molecule has 1 aromatic carbocycles. The lowest BCUT2D eigenvalue weighted by molar-refractivity contribution is 0.116. The highest BCUT2D eigenvalue weighted by Crippen LogP contribution is 2.38. The van der Waals surface area contributed by atoms with E-state index in [1.807, 2.05) is 36.4 Å². The second-order valence-electron chi connectivity index (χ2n) is 4.82. The van der Waals surface area contributed by atoms with Gasteiger partial charge in [0.05, 0.1) is 15.3 Å². The molecule has 4 rings (SSSR count). The summed E-state index contributed by atoms with van der Waals surface area (Å²) in [5, 5.41) is 7.45. The van der Waals surface area contributed by atoms with Crippen LogP contribution in [0.25, 0.3) is 22.1 Å². The van der Waals surface area contributed by atoms with Gasteiger partial charge in [0.15, 0.2) is 5.76 Å². The molecule has 5 nitrogen and oxygen atoms in total. The molecule has 25 heavy (non-hydrogen) atoms. The maximum Gasteiger partial charge on any atom is 0.314 e. The molecule has 0 saturated carbocycles. The van der Waals surface area contributed by atoms with Crippen molar-refractivity contribution in [3.8, 4) is 22.1 Å². The Hall–Kier alpha value is -2.52. The average molecular weight is 377 g/mol. The largest absolute Gasteiger partial charge is 0.431 e. The molecule has 0 aliphatic rings. The fourth-order valence-corrected chi connectivity index (χ4v) is 3.89. The highest BCUT2D eigenvalue weighted by atomic mass is 32.2. The van der Waals surface area contributed by atoms with Gasteiger partial charge in [0, 0.05) is 5.56 Å². The normalized spacial score (nSPS) is 11.3. The smallest absolute Gasteiger partial charge is 0.314 e. The number of aromatic nitrogens is 3. The van der Waals surface area contributed by atoms with Crippen molar-refractivity contribution in [1.29, 1.82) is 0 Å². The number of alkyl halides is 2. The number of oxazole rings is 1. The summed E-state index contributed by atoms with van der Waals surface area (Å²) in [5.41, 5.74) is 0.944. The molecule has 0 unspecified atom stereocenters. The summed E-state index contributed by atoms with van der Waals surface area (Å²) in [5.74, 6) is 0.0701. The zero-order valence-electron chi connectivity index (χ0n) is 12.4. The summed E-state index contributed by atoms with van der Waals surface area (Å²) >= 11 is 2.67. The van der Waals surface area contributed by atoms with Crippen LogP contribution in [0.4, 0.5) is 8.78 Å². The van der Waals surface area contributed by atoms with Crippen LogP contribution in [0.1, 0.15) is 12.3 Å². The first-order valence-electron chi connectivity index (χ1n) is 7.10. The highest BCUT2D eigenvalue weighted by molar-refractivity contribution is 8.01. The van der Waals surface area contributed by atoms with Gasteiger partial charge < -0.3 is 8.83 Å². The van der Waals surface area contributed by atoms with E-state index >= 15 is 0 Å². The molecule has 3 aromatic heterocycles. The zero-order chi connectivity index (χ0) is 17.2. The SMILES string of the molecule is FC(F)c1nnc(-c2ccc(Sc3ncc(-c4ccccc4)o3)s2)o1. The predicted octanol–water partition coefficient (Wildman–Crippen LogP) is 5.54. The summed E-state index contributed by atoms with van der Waals surface area (Å²) in [6.07, 6.45) is -1.11. The average Bonchev–Trinajstić information content (AvgIpc) is 3.36. The minimum absolute atomic E-state index is 0.0736. The van der Waals surface area contributed by atoms with Crippen molar-refractivity contribution >= 4 is 23.1 Å². The Morgan fingerprint density at radius 2 is 1.84 bits per heavy atom. The summed E-state index contributed by atoms with van der Waals surface area (Å²) in [7, 11) is 0. The zero-order valence-corrected chi connectivity index (χ0v) is 14.1. The second-order valence-corrected chi connectivity index (χ2v) is 7.16. The van der Waals surface area contributed by atoms with Crippen LogP contribution in [0.5, 0.6) is 0 Å². The Bertz CT molecular complexity index is 982. The van der Waals surface area contributed by atoms with Crippen LogP contribution in [0, 0.1) is 0 Å². The van der Waals surface area contributed by atoms with Crippen molar-refractivity contribution in [2.75, 3.05) is 0 Å². The van der Waals surface area contributed by atoms with Crippen molar-refractivity contribution in [3.63, 3.8) is 0 Å². The lowest BCUT2D eigenvalue weighted by atomic mass is 10.2. The van der Waals surface area contributed by atoms with Gasteiger partial charge >= 0.3 is 6.43 Å². The molecule has 0 N–H and O–H groups in total. The van der Waals surface area contributed by atoms with E-state index in [2.05, 4.69) is 15.2 Å². The van der Waals surface area contributed by atoms with Crippen molar-refractivity contribution in [2.24, 2.45) is 0 Å². The first kappa shape index (κ1) is 16.0. The van der Waals surface area contributed by atoms with E-state index in [0.29, 0.717) is 15.9 Å². The van der Waals surface area contributed by atoms with E-state index in [0.717, 1.165) is 9.77 Å². The van der Waals surface area contributed by atoms with Crippen LogP contribution < -0.4 is 0 Å². The summed E-state index contributed by atoms with van der Waals surface area (Å²) in [6, 6.07) is 13.2. The Kier molecular flexibility index (Phi) is 4.33. The second kappa shape index (κ2) is 6.77. The molecule has 126 valence electrons. The molecule has 3 heterocycles. The molecule has 0 spiro atoms. The quantitative estimate of drug-likeness (QED) is 0.455. The molecule has 0 fully saturated rings. The van der Waals surface area contributed by atoms with E-state index in [4.69, 9.17) is 8.83 Å². The number of hydrogen-bond donors (Lipinski definition) is 0. The molecule has 0 amide bonds. The third-order valence-electron chi connectivity index (χ3n) is 3.15. The third kappa shape index (κ3) is 3.47. The molecule has 0 saturated heterocycles. The number of hydrogen-bond acceptors (Lipinski definition) is 7. The molecule has 4 aromatic rings. The van der Waals surface area contributed by atoms with Crippen molar-refractivity contribution in [2.45, 2.75) is 15.9 Å². The standard InChI is InChI=1S/C16H9F2N3O2S2/c17-13(18)15-21-20-14(23-15)11-6-7-12(24-11)25-16-19-8-10(22-16)9-4-2-1-3-5-9/h1-8,13H. The number of halogens is 2. The van der Waals surface area contributed by atoms with Gasteiger partial charge in [-0.25, -0.2) is 4.98 Å². The molecule has 0 atom stereocenters. The molecule has 0 aliphatic carbocycles. The minimum Gasteiger partial charge on any atom is -0.431 e. The van der Waals surface area contributed by atoms with Gasteiger partial charge in [0.1, 0.15) is 0 Å². The maximum absolute atomic E-state index is 12.5. The van der Waals surface area contributed by atoms with Crippen LogP contribution in [0.15, 0.2) is 66.9 Å².